The third-order valence-electron chi connectivity index (χ3n) is 5.35. The van der Waals surface area contributed by atoms with E-state index in [9.17, 15) is 14.9 Å². The molecule has 5 aromatic rings. The van der Waals surface area contributed by atoms with Gasteiger partial charge in [-0.2, -0.15) is 5.10 Å². The molecule has 5 aromatic heterocycles. The van der Waals surface area contributed by atoms with Crippen LogP contribution in [0.25, 0.3) is 27.4 Å². The lowest BCUT2D eigenvalue weighted by molar-refractivity contribution is -0.386. The van der Waals surface area contributed by atoms with Crippen LogP contribution in [-0.2, 0) is 11.3 Å². The number of aromatic nitrogens is 6. The first kappa shape index (κ1) is 20.8. The lowest BCUT2D eigenvalue weighted by atomic mass is 10.2. The lowest BCUT2D eigenvalue weighted by Crippen LogP contribution is -2.03. The fourth-order valence-corrected chi connectivity index (χ4v) is 4.82. The summed E-state index contributed by atoms with van der Waals surface area (Å²) in [5.74, 6) is 0.903. The van der Waals surface area contributed by atoms with Crippen molar-refractivity contribution in [2.75, 3.05) is 7.11 Å². The Balaban J connectivity index is 1.51. The monoisotopic (exact) mass is 467 g/mol. The smallest absolute Gasteiger partial charge is 0.348 e. The largest absolute Gasteiger partial charge is 0.465 e. The van der Waals surface area contributed by atoms with E-state index in [1.807, 2.05) is 6.92 Å². The molecule has 0 bridgehead atoms. The second-order valence-corrected chi connectivity index (χ2v) is 8.38. The van der Waals surface area contributed by atoms with E-state index in [2.05, 4.69) is 20.2 Å². The average molecular weight is 467 g/mol. The summed E-state index contributed by atoms with van der Waals surface area (Å²) in [4.78, 5) is 33.0. The molecule has 0 radical (unpaired) electrons. The molecule has 0 N–H and O–H groups in total. The van der Waals surface area contributed by atoms with Gasteiger partial charge >= 0.3 is 11.7 Å². The maximum atomic E-state index is 12.1. The number of esters is 1. The molecule has 12 nitrogen and oxygen atoms in total. The summed E-state index contributed by atoms with van der Waals surface area (Å²) in [6.07, 6.45) is 1.53. The summed E-state index contributed by atoms with van der Waals surface area (Å²) in [6.45, 7) is 5.30. The van der Waals surface area contributed by atoms with Crippen LogP contribution in [0.2, 0.25) is 0 Å². The van der Waals surface area contributed by atoms with Crippen LogP contribution in [0.5, 0.6) is 0 Å². The van der Waals surface area contributed by atoms with Gasteiger partial charge in [-0.05, 0) is 38.5 Å². The number of furan rings is 1. The number of ether oxygens (including phenoxy) is 1. The van der Waals surface area contributed by atoms with Gasteiger partial charge in [0.05, 0.1) is 24.0 Å². The Hall–Kier alpha value is -4.13. The van der Waals surface area contributed by atoms with Gasteiger partial charge in [-0.15, -0.1) is 16.4 Å². The molecule has 0 fully saturated rings. The third kappa shape index (κ3) is 3.24. The molecule has 13 heteroatoms. The van der Waals surface area contributed by atoms with Gasteiger partial charge < -0.3 is 9.15 Å². The number of hydrogen-bond donors (Lipinski definition) is 0. The topological polar surface area (TPSA) is 143 Å². The van der Waals surface area contributed by atoms with Gasteiger partial charge in [0.15, 0.2) is 11.4 Å². The summed E-state index contributed by atoms with van der Waals surface area (Å²) in [5.41, 5.74) is 2.07. The van der Waals surface area contributed by atoms with Crippen LogP contribution in [-0.4, -0.2) is 47.4 Å². The normalized spacial score (nSPS) is 11.5. The SMILES string of the molecule is COC(=O)c1sc2ncn3nc(-c4ccc(Cn5nc(C)c([N+](=O)[O-])c5C)o4)nc3c2c1C. The van der Waals surface area contributed by atoms with Crippen molar-refractivity contribution in [2.24, 2.45) is 0 Å². The molecular weight excluding hydrogens is 450 g/mol. The van der Waals surface area contributed by atoms with Crippen molar-refractivity contribution in [3.8, 4) is 11.6 Å². The Morgan fingerprint density at radius 1 is 1.27 bits per heavy atom. The van der Waals surface area contributed by atoms with Crippen molar-refractivity contribution >= 4 is 38.9 Å². The molecule has 0 unspecified atom stereocenters. The number of nitrogens with zero attached hydrogens (tertiary/aromatic N) is 7. The highest BCUT2D eigenvalue weighted by Crippen LogP contribution is 2.33. The standard InChI is InChI=1S/C20H17N7O5S/c1-9-14-18-22-17(24-26(18)8-21-19(14)33-16(9)20(28)31-4)13-6-5-12(32-13)7-25-11(3)15(27(29)30)10(2)23-25/h5-6,8H,7H2,1-4H3. The quantitative estimate of drug-likeness (QED) is 0.215. The highest BCUT2D eigenvalue weighted by Gasteiger charge is 2.24. The van der Waals surface area contributed by atoms with Crippen molar-refractivity contribution < 1.29 is 18.9 Å². The van der Waals surface area contributed by atoms with Gasteiger partial charge in [0, 0.05) is 0 Å². The molecule has 0 aliphatic rings. The van der Waals surface area contributed by atoms with Gasteiger partial charge in [-0.25, -0.2) is 19.3 Å². The Morgan fingerprint density at radius 3 is 2.76 bits per heavy atom. The van der Waals surface area contributed by atoms with Crippen molar-refractivity contribution in [2.45, 2.75) is 27.3 Å². The maximum absolute atomic E-state index is 12.1. The number of rotatable bonds is 5. The maximum Gasteiger partial charge on any atom is 0.348 e. The van der Waals surface area contributed by atoms with E-state index in [0.717, 1.165) is 10.9 Å². The Labute approximate surface area is 189 Å². The van der Waals surface area contributed by atoms with E-state index in [1.54, 1.807) is 26.0 Å². The van der Waals surface area contributed by atoms with Gasteiger partial charge in [0.2, 0.25) is 5.82 Å². The molecule has 0 aliphatic heterocycles. The van der Waals surface area contributed by atoms with Crippen molar-refractivity contribution in [3.05, 3.63) is 56.2 Å². The number of methoxy groups -OCH3 is 1. The number of fused-ring (bicyclic) bond motifs is 3. The Bertz CT molecular complexity index is 1570. The van der Waals surface area contributed by atoms with Crippen LogP contribution < -0.4 is 0 Å². The predicted octanol–water partition coefficient (Wildman–Crippen LogP) is 3.46. The Morgan fingerprint density at radius 2 is 2.06 bits per heavy atom. The highest BCUT2D eigenvalue weighted by atomic mass is 32.1. The van der Waals surface area contributed by atoms with E-state index in [1.165, 1.54) is 34.0 Å². The lowest BCUT2D eigenvalue weighted by Gasteiger charge is -2.00. The van der Waals surface area contributed by atoms with Crippen LogP contribution in [0.1, 0.15) is 32.4 Å². The number of thiophene rings is 1. The Kier molecular flexibility index (Phi) is 4.70. The second kappa shape index (κ2) is 7.48. The van der Waals surface area contributed by atoms with Gasteiger partial charge in [0.1, 0.15) is 33.2 Å². The molecule has 33 heavy (non-hydrogen) atoms. The van der Waals surface area contributed by atoms with Crippen LogP contribution in [0.4, 0.5) is 5.69 Å². The fraction of sp³-hybridized carbons (Fsp3) is 0.250. The summed E-state index contributed by atoms with van der Waals surface area (Å²) in [5, 5.41) is 20.7. The first-order valence-corrected chi connectivity index (χ1v) is 10.6. The minimum Gasteiger partial charge on any atom is -0.465 e. The number of carbonyl (C=O) groups is 1. The summed E-state index contributed by atoms with van der Waals surface area (Å²) in [6, 6.07) is 3.48. The minimum atomic E-state index is -0.435. The van der Waals surface area contributed by atoms with Crippen LogP contribution in [0.15, 0.2) is 22.9 Å². The molecule has 0 aliphatic carbocycles. The molecule has 0 atom stereocenters. The molecular formula is C20H17N7O5S. The van der Waals surface area contributed by atoms with Gasteiger partial charge in [-0.1, -0.05) is 0 Å². The van der Waals surface area contributed by atoms with Gasteiger partial charge in [-0.3, -0.25) is 14.8 Å². The van der Waals surface area contributed by atoms with E-state index in [-0.39, 0.29) is 12.2 Å². The molecule has 168 valence electrons. The number of hydrogen-bond acceptors (Lipinski definition) is 10. The zero-order chi connectivity index (χ0) is 23.4. The molecule has 5 heterocycles. The van der Waals surface area contributed by atoms with Crippen molar-refractivity contribution in [1.29, 1.82) is 0 Å². The molecule has 0 spiro atoms. The van der Waals surface area contributed by atoms with Gasteiger partial charge in [0.25, 0.3) is 0 Å². The predicted molar refractivity (Wildman–Crippen MR) is 117 cm³/mol. The number of nitro groups is 1. The van der Waals surface area contributed by atoms with E-state index in [0.29, 0.717) is 44.1 Å². The second-order valence-electron chi connectivity index (χ2n) is 7.38. The number of aryl methyl sites for hydroxylation is 2. The first-order valence-electron chi connectivity index (χ1n) is 9.78. The first-order chi connectivity index (χ1) is 15.8. The van der Waals surface area contributed by atoms with E-state index >= 15 is 0 Å². The number of carbonyl (C=O) groups excluding carboxylic acids is 1. The van der Waals surface area contributed by atoms with Crippen LogP contribution in [0.3, 0.4) is 0 Å². The average Bonchev–Trinajstić information content (AvgIpc) is 3.53. The fourth-order valence-electron chi connectivity index (χ4n) is 3.76. The zero-order valence-electron chi connectivity index (χ0n) is 18.0. The molecule has 0 saturated heterocycles. The zero-order valence-corrected chi connectivity index (χ0v) is 18.8. The third-order valence-corrected chi connectivity index (χ3v) is 6.53. The highest BCUT2D eigenvalue weighted by molar-refractivity contribution is 7.20. The van der Waals surface area contributed by atoms with Crippen molar-refractivity contribution in [1.82, 2.24) is 29.4 Å². The molecule has 0 aromatic carbocycles. The minimum absolute atomic E-state index is 0.00206. The molecule has 0 saturated carbocycles. The summed E-state index contributed by atoms with van der Waals surface area (Å²) in [7, 11) is 1.34. The molecule has 5 rings (SSSR count). The van der Waals surface area contributed by atoms with E-state index in [4.69, 9.17) is 9.15 Å². The van der Waals surface area contributed by atoms with E-state index < -0.39 is 10.9 Å². The molecule has 0 amide bonds. The van der Waals surface area contributed by atoms with Crippen LogP contribution in [0, 0.1) is 30.9 Å². The van der Waals surface area contributed by atoms with Crippen molar-refractivity contribution in [3.63, 3.8) is 0 Å². The summed E-state index contributed by atoms with van der Waals surface area (Å²) < 4.78 is 13.8. The summed E-state index contributed by atoms with van der Waals surface area (Å²) >= 11 is 1.24. The van der Waals surface area contributed by atoms with Crippen LogP contribution >= 0.6 is 11.3 Å².